The summed E-state index contributed by atoms with van der Waals surface area (Å²) in [5, 5.41) is 0. The van der Waals surface area contributed by atoms with Crippen LogP contribution in [0.4, 0.5) is 0 Å². The van der Waals surface area contributed by atoms with E-state index in [9.17, 15) is 0 Å². The van der Waals surface area contributed by atoms with Crippen LogP contribution < -0.4 is 19.9 Å². The number of benzene rings is 1. The van der Waals surface area contributed by atoms with Gasteiger partial charge in [0.25, 0.3) is 0 Å². The van der Waals surface area contributed by atoms with Gasteiger partial charge in [-0.3, -0.25) is 0 Å². The van der Waals surface area contributed by atoms with E-state index in [0.29, 0.717) is 17.4 Å². The van der Waals surface area contributed by atoms with Gasteiger partial charge < -0.3 is 19.9 Å². The Labute approximate surface area is 108 Å². The van der Waals surface area contributed by atoms with Gasteiger partial charge >= 0.3 is 0 Å². The fourth-order valence-electron chi connectivity index (χ4n) is 2.74. The average Bonchev–Trinajstić information content (AvgIpc) is 2.40. The molecule has 1 aliphatic rings. The van der Waals surface area contributed by atoms with Gasteiger partial charge in [-0.05, 0) is 30.4 Å². The Balaban J connectivity index is 2.70. The molecule has 0 saturated heterocycles. The summed E-state index contributed by atoms with van der Waals surface area (Å²) < 4.78 is 16.3. The van der Waals surface area contributed by atoms with Crippen molar-refractivity contribution in [3.05, 3.63) is 17.2 Å². The minimum Gasteiger partial charge on any atom is -0.493 e. The fourth-order valence-corrected chi connectivity index (χ4v) is 2.74. The van der Waals surface area contributed by atoms with Crippen molar-refractivity contribution >= 4 is 0 Å². The van der Waals surface area contributed by atoms with Gasteiger partial charge in [-0.25, -0.2) is 0 Å². The summed E-state index contributed by atoms with van der Waals surface area (Å²) in [6.45, 7) is 2.19. The van der Waals surface area contributed by atoms with Gasteiger partial charge in [0.2, 0.25) is 5.75 Å². The molecule has 0 radical (unpaired) electrons. The topological polar surface area (TPSA) is 53.7 Å². The Kier molecular flexibility index (Phi) is 3.66. The lowest BCUT2D eigenvalue weighted by atomic mass is 9.80. The minimum atomic E-state index is 0.0462. The van der Waals surface area contributed by atoms with Crippen molar-refractivity contribution in [2.75, 3.05) is 21.3 Å². The van der Waals surface area contributed by atoms with Gasteiger partial charge in [-0.1, -0.05) is 6.92 Å². The molecule has 1 aromatic carbocycles. The molecule has 0 aromatic heterocycles. The molecule has 1 unspecified atom stereocenters. The van der Waals surface area contributed by atoms with E-state index in [4.69, 9.17) is 19.9 Å². The van der Waals surface area contributed by atoms with Gasteiger partial charge in [-0.15, -0.1) is 0 Å². The van der Waals surface area contributed by atoms with E-state index >= 15 is 0 Å². The highest BCUT2D eigenvalue weighted by atomic mass is 16.5. The van der Waals surface area contributed by atoms with Gasteiger partial charge in [0, 0.05) is 11.6 Å². The zero-order valence-corrected chi connectivity index (χ0v) is 11.4. The van der Waals surface area contributed by atoms with Crippen molar-refractivity contribution in [1.82, 2.24) is 0 Å². The SMILES string of the molecule is COc1cc2c(c(OC)c1OC)C(C)CC[C@@H]2N. The maximum absolute atomic E-state index is 6.20. The fraction of sp³-hybridized carbons (Fsp3) is 0.571. The molecule has 18 heavy (non-hydrogen) atoms. The second-order valence-corrected chi connectivity index (χ2v) is 4.73. The first-order chi connectivity index (χ1) is 8.63. The van der Waals surface area contributed by atoms with E-state index in [1.807, 2.05) is 6.07 Å². The maximum atomic E-state index is 6.20. The largest absolute Gasteiger partial charge is 0.493 e. The van der Waals surface area contributed by atoms with Crippen molar-refractivity contribution in [3.8, 4) is 17.2 Å². The maximum Gasteiger partial charge on any atom is 0.203 e. The lowest BCUT2D eigenvalue weighted by Crippen LogP contribution is -2.20. The van der Waals surface area contributed by atoms with Crippen LogP contribution in [-0.4, -0.2) is 21.3 Å². The second kappa shape index (κ2) is 5.06. The molecule has 4 heteroatoms. The van der Waals surface area contributed by atoms with Crippen molar-refractivity contribution < 1.29 is 14.2 Å². The van der Waals surface area contributed by atoms with Crippen molar-refractivity contribution in [2.45, 2.75) is 31.7 Å². The number of fused-ring (bicyclic) bond motifs is 1. The molecule has 0 amide bonds. The Bertz CT molecular complexity index is 445. The minimum absolute atomic E-state index is 0.0462. The third kappa shape index (κ3) is 1.90. The Morgan fingerprint density at radius 3 is 2.28 bits per heavy atom. The first kappa shape index (κ1) is 13.0. The lowest BCUT2D eigenvalue weighted by molar-refractivity contribution is 0.316. The molecule has 0 saturated carbocycles. The summed E-state index contributed by atoms with van der Waals surface area (Å²) in [6.07, 6.45) is 2.06. The monoisotopic (exact) mass is 251 g/mol. The van der Waals surface area contributed by atoms with Crippen LogP contribution in [0.5, 0.6) is 17.2 Å². The van der Waals surface area contributed by atoms with Gasteiger partial charge in [0.05, 0.1) is 21.3 Å². The van der Waals surface area contributed by atoms with Crippen LogP contribution >= 0.6 is 0 Å². The van der Waals surface area contributed by atoms with Crippen molar-refractivity contribution in [3.63, 3.8) is 0 Å². The van der Waals surface area contributed by atoms with Crippen LogP contribution in [0, 0.1) is 0 Å². The number of hydrogen-bond donors (Lipinski definition) is 1. The number of ether oxygens (including phenoxy) is 3. The lowest BCUT2D eigenvalue weighted by Gasteiger charge is -2.30. The molecule has 0 aliphatic heterocycles. The highest BCUT2D eigenvalue weighted by Gasteiger charge is 2.30. The summed E-state index contributed by atoms with van der Waals surface area (Å²) in [5.74, 6) is 2.52. The van der Waals surface area contributed by atoms with Crippen molar-refractivity contribution in [1.29, 1.82) is 0 Å². The molecule has 2 atom stereocenters. The molecule has 0 heterocycles. The van der Waals surface area contributed by atoms with Gasteiger partial charge in [0.15, 0.2) is 11.5 Å². The molecular formula is C14H21NO3. The summed E-state index contributed by atoms with van der Waals surface area (Å²) >= 11 is 0. The first-order valence-corrected chi connectivity index (χ1v) is 6.22. The average molecular weight is 251 g/mol. The predicted molar refractivity (Wildman–Crippen MR) is 70.7 cm³/mol. The smallest absolute Gasteiger partial charge is 0.203 e. The molecule has 2 N–H and O–H groups in total. The predicted octanol–water partition coefficient (Wildman–Crippen LogP) is 2.61. The molecule has 0 fully saturated rings. The molecule has 1 aromatic rings. The summed E-state index contributed by atoms with van der Waals surface area (Å²) in [5.41, 5.74) is 8.47. The number of hydrogen-bond acceptors (Lipinski definition) is 4. The molecule has 2 rings (SSSR count). The summed E-state index contributed by atoms with van der Waals surface area (Å²) in [7, 11) is 4.91. The van der Waals surface area contributed by atoms with Crippen LogP contribution in [0.3, 0.4) is 0 Å². The third-order valence-corrected chi connectivity index (χ3v) is 3.70. The van der Waals surface area contributed by atoms with E-state index in [-0.39, 0.29) is 6.04 Å². The summed E-state index contributed by atoms with van der Waals surface area (Å²) in [4.78, 5) is 0. The molecule has 0 spiro atoms. The van der Waals surface area contributed by atoms with E-state index in [0.717, 1.165) is 29.7 Å². The first-order valence-electron chi connectivity index (χ1n) is 6.22. The van der Waals surface area contributed by atoms with E-state index < -0.39 is 0 Å². The van der Waals surface area contributed by atoms with Crippen LogP contribution in [0.25, 0.3) is 0 Å². The number of methoxy groups -OCH3 is 3. The van der Waals surface area contributed by atoms with Crippen molar-refractivity contribution in [2.24, 2.45) is 5.73 Å². The molecule has 1 aliphatic carbocycles. The molecule has 100 valence electrons. The molecule has 4 nitrogen and oxygen atoms in total. The standard InChI is InChI=1S/C14H21NO3/c1-8-5-6-10(15)9-7-11(16-2)13(17-3)14(18-4)12(8)9/h7-8,10H,5-6,15H2,1-4H3/t8?,10-/m0/s1. The number of nitrogens with two attached hydrogens (primary N) is 1. The van der Waals surface area contributed by atoms with Crippen LogP contribution in [0.15, 0.2) is 6.07 Å². The van der Waals surface area contributed by atoms with E-state index in [1.54, 1.807) is 21.3 Å². The van der Waals surface area contributed by atoms with Crippen LogP contribution in [0.1, 0.15) is 42.9 Å². The third-order valence-electron chi connectivity index (χ3n) is 3.70. The summed E-state index contributed by atoms with van der Waals surface area (Å²) in [6, 6.07) is 2.03. The Hall–Kier alpha value is -1.42. The molecule has 0 bridgehead atoms. The second-order valence-electron chi connectivity index (χ2n) is 4.73. The van der Waals surface area contributed by atoms with Crippen LogP contribution in [0.2, 0.25) is 0 Å². The van der Waals surface area contributed by atoms with E-state index in [1.165, 1.54) is 0 Å². The highest BCUT2D eigenvalue weighted by Crippen LogP contribution is 2.49. The zero-order valence-electron chi connectivity index (χ0n) is 11.4. The van der Waals surface area contributed by atoms with Crippen LogP contribution in [-0.2, 0) is 0 Å². The highest BCUT2D eigenvalue weighted by molar-refractivity contribution is 5.61. The number of rotatable bonds is 3. The Morgan fingerprint density at radius 1 is 1.06 bits per heavy atom. The quantitative estimate of drug-likeness (QED) is 0.897. The normalized spacial score (nSPS) is 22.3. The van der Waals surface area contributed by atoms with E-state index in [2.05, 4.69) is 6.92 Å². The Morgan fingerprint density at radius 2 is 1.72 bits per heavy atom. The van der Waals surface area contributed by atoms with Gasteiger partial charge in [0.1, 0.15) is 0 Å². The van der Waals surface area contributed by atoms with Gasteiger partial charge in [-0.2, -0.15) is 0 Å². The zero-order chi connectivity index (χ0) is 13.3. The molecular weight excluding hydrogens is 230 g/mol.